The van der Waals surface area contributed by atoms with Gasteiger partial charge in [0.15, 0.2) is 23.0 Å². The van der Waals surface area contributed by atoms with E-state index in [0.717, 1.165) is 36.8 Å². The molecule has 2 amide bonds. The standard InChI is InChI=1S/C45H60N4O7.C2H2/c1-11-13-30(3)25-48-27-33(28-50)47(8)37-23-41(39(54-10)21-35(37)42(48)51)55-18-17-44(4,5)15-16-45(6,7)29-56-40-22-36-34(20-38(40)53-9)43(52)49-26-31(14-12-2)19-32(49)24-46-36;1-2/h11-14,20-26,32-33,50H,15-19,27-29H2,1-10H3;1-2H/b13-11+,14-12+,30-25+;. The summed E-state index contributed by atoms with van der Waals surface area (Å²) >= 11 is 0. The van der Waals surface area contributed by atoms with Crippen LogP contribution in [0, 0.1) is 23.7 Å². The number of amides is 2. The SMILES string of the molecule is C#C.C/C=C/C1=CN2C(=O)c3cc(OC)c(OCC(C)(C)CCC(C)(C)CCOc4cc5c(cc4OC)C(=O)N(/C=C(C)/C=C/C)CC(CO)N5C)cc3N=CC2C1. The van der Waals surface area contributed by atoms with Crippen LogP contribution in [0.3, 0.4) is 0 Å². The van der Waals surface area contributed by atoms with Gasteiger partial charge in [-0.1, -0.05) is 52.0 Å². The van der Waals surface area contributed by atoms with Gasteiger partial charge in [0.2, 0.25) is 0 Å². The van der Waals surface area contributed by atoms with Crippen LogP contribution >= 0.6 is 0 Å². The number of carbonyl (C=O) groups is 2. The van der Waals surface area contributed by atoms with Gasteiger partial charge in [-0.05, 0) is 80.6 Å². The van der Waals surface area contributed by atoms with Gasteiger partial charge in [0.25, 0.3) is 11.8 Å². The normalized spacial score (nSPS) is 18.3. The van der Waals surface area contributed by atoms with Gasteiger partial charge in [-0.3, -0.25) is 14.6 Å². The highest BCUT2D eigenvalue weighted by atomic mass is 16.5. The van der Waals surface area contributed by atoms with Crippen molar-refractivity contribution in [3.63, 3.8) is 0 Å². The Morgan fingerprint density at radius 3 is 2.19 bits per heavy atom. The van der Waals surface area contributed by atoms with E-state index in [4.69, 9.17) is 23.9 Å². The first-order valence-electron chi connectivity index (χ1n) is 19.8. The molecule has 2 aromatic rings. The number of hydrogen-bond acceptors (Lipinski definition) is 9. The Hall–Kier alpha value is -5.47. The Morgan fingerprint density at radius 2 is 1.55 bits per heavy atom. The summed E-state index contributed by atoms with van der Waals surface area (Å²) in [6.45, 7) is 15.8. The summed E-state index contributed by atoms with van der Waals surface area (Å²) in [5.41, 5.74) is 4.06. The summed E-state index contributed by atoms with van der Waals surface area (Å²) in [5, 5.41) is 10.3. The van der Waals surface area contributed by atoms with Crippen LogP contribution in [-0.4, -0.2) is 92.7 Å². The summed E-state index contributed by atoms with van der Waals surface area (Å²) in [5.74, 6) is 1.83. The first kappa shape index (κ1) is 45.2. The molecule has 312 valence electrons. The van der Waals surface area contributed by atoms with Crippen molar-refractivity contribution in [1.82, 2.24) is 9.80 Å². The maximum absolute atomic E-state index is 13.8. The van der Waals surface area contributed by atoms with E-state index in [1.165, 1.54) is 0 Å². The Kier molecular flexibility index (Phi) is 15.4. The highest BCUT2D eigenvalue weighted by Gasteiger charge is 2.34. The molecular weight excluding hydrogens is 733 g/mol. The molecule has 0 aliphatic carbocycles. The molecule has 3 aliphatic rings. The second-order valence-electron chi connectivity index (χ2n) is 16.5. The predicted molar refractivity (Wildman–Crippen MR) is 233 cm³/mol. The fourth-order valence-corrected chi connectivity index (χ4v) is 7.23. The third-order valence-corrected chi connectivity index (χ3v) is 10.9. The number of anilines is 1. The minimum atomic E-state index is -0.300. The highest BCUT2D eigenvalue weighted by molar-refractivity contribution is 6.04. The lowest BCUT2D eigenvalue weighted by molar-refractivity contribution is 0.0806. The van der Waals surface area contributed by atoms with E-state index in [-0.39, 0.29) is 41.3 Å². The lowest BCUT2D eigenvalue weighted by Crippen LogP contribution is -2.41. The van der Waals surface area contributed by atoms with Crippen LogP contribution in [0.1, 0.15) is 94.9 Å². The van der Waals surface area contributed by atoms with Crippen molar-refractivity contribution < 1.29 is 33.6 Å². The Bertz CT molecular complexity index is 1970. The van der Waals surface area contributed by atoms with Gasteiger partial charge in [-0.15, -0.1) is 12.8 Å². The van der Waals surface area contributed by atoms with Crippen molar-refractivity contribution in [2.45, 2.75) is 86.2 Å². The fraction of sp³-hybridized carbons (Fsp3) is 0.468. The molecule has 0 radical (unpaired) electrons. The first-order valence-corrected chi connectivity index (χ1v) is 19.8. The number of terminal acetylenes is 1. The van der Waals surface area contributed by atoms with Crippen molar-refractivity contribution in [3.8, 4) is 35.8 Å². The molecule has 0 aromatic heterocycles. The topological polar surface area (TPSA) is 113 Å². The molecule has 1 N–H and O–H groups in total. The molecule has 0 bridgehead atoms. The number of benzene rings is 2. The van der Waals surface area contributed by atoms with E-state index in [1.54, 1.807) is 36.2 Å². The predicted octanol–water partition coefficient (Wildman–Crippen LogP) is 8.76. The number of likely N-dealkylation sites (N-methyl/N-ethyl adjacent to an activating group) is 1. The number of fused-ring (bicyclic) bond motifs is 3. The third kappa shape index (κ3) is 10.7. The van der Waals surface area contributed by atoms with E-state index in [1.807, 2.05) is 87.8 Å². The molecule has 2 aromatic carbocycles. The second kappa shape index (κ2) is 19.8. The number of aliphatic hydroxyl groups is 1. The van der Waals surface area contributed by atoms with Gasteiger partial charge >= 0.3 is 0 Å². The molecule has 58 heavy (non-hydrogen) atoms. The summed E-state index contributed by atoms with van der Waals surface area (Å²) in [7, 11) is 5.05. The molecule has 0 fully saturated rings. The number of nitrogens with zero attached hydrogens (tertiary/aromatic N) is 4. The van der Waals surface area contributed by atoms with Crippen molar-refractivity contribution in [2.24, 2.45) is 15.8 Å². The average molecular weight is 795 g/mol. The molecule has 0 saturated carbocycles. The Morgan fingerprint density at radius 1 is 0.897 bits per heavy atom. The molecule has 2 unspecified atom stereocenters. The van der Waals surface area contributed by atoms with Crippen LogP contribution in [0.15, 0.2) is 77.1 Å². The molecule has 3 heterocycles. The largest absolute Gasteiger partial charge is 0.493 e. The number of carbonyl (C=O) groups excluding carboxylic acids is 2. The van der Waals surface area contributed by atoms with Crippen LogP contribution in [0.5, 0.6) is 23.0 Å². The van der Waals surface area contributed by atoms with E-state index in [2.05, 4.69) is 40.5 Å². The van der Waals surface area contributed by atoms with Gasteiger partial charge in [-0.25, -0.2) is 0 Å². The third-order valence-electron chi connectivity index (χ3n) is 10.9. The zero-order chi connectivity index (χ0) is 42.8. The number of hydrogen-bond donors (Lipinski definition) is 1. The monoisotopic (exact) mass is 794 g/mol. The Balaban J connectivity index is 0.00000366. The van der Waals surface area contributed by atoms with E-state index < -0.39 is 0 Å². The van der Waals surface area contributed by atoms with E-state index in [9.17, 15) is 14.7 Å². The number of aliphatic imine (C=N–C) groups is 1. The van der Waals surface area contributed by atoms with Crippen molar-refractivity contribution in [2.75, 3.05) is 52.5 Å². The number of aliphatic hydroxyl groups excluding tert-OH is 1. The smallest absolute Gasteiger partial charge is 0.260 e. The van der Waals surface area contributed by atoms with E-state index in [0.29, 0.717) is 65.3 Å². The zero-order valence-electron chi connectivity index (χ0n) is 36.0. The fourth-order valence-electron chi connectivity index (χ4n) is 7.23. The maximum Gasteiger partial charge on any atom is 0.260 e. The molecular formula is C47H62N4O7. The quantitative estimate of drug-likeness (QED) is 0.133. The number of rotatable bonds is 16. The van der Waals surface area contributed by atoms with Gasteiger partial charge in [0, 0.05) is 44.3 Å². The van der Waals surface area contributed by atoms with Crippen molar-refractivity contribution >= 4 is 29.4 Å². The molecule has 2 atom stereocenters. The summed E-state index contributed by atoms with van der Waals surface area (Å²) < 4.78 is 24.2. The molecule has 0 saturated heterocycles. The van der Waals surface area contributed by atoms with Crippen molar-refractivity contribution in [1.29, 1.82) is 0 Å². The Labute approximate surface area is 345 Å². The van der Waals surface area contributed by atoms with E-state index >= 15 is 0 Å². The van der Waals surface area contributed by atoms with Crippen LogP contribution in [0.2, 0.25) is 0 Å². The summed E-state index contributed by atoms with van der Waals surface area (Å²) in [4.78, 5) is 37.4. The van der Waals surface area contributed by atoms with Crippen LogP contribution in [0.25, 0.3) is 0 Å². The van der Waals surface area contributed by atoms with Gasteiger partial charge in [0.05, 0.1) is 68.6 Å². The van der Waals surface area contributed by atoms with Crippen LogP contribution in [0.4, 0.5) is 11.4 Å². The summed E-state index contributed by atoms with van der Waals surface area (Å²) in [6, 6.07) is 6.73. The lowest BCUT2D eigenvalue weighted by Gasteiger charge is -2.31. The van der Waals surface area contributed by atoms with Gasteiger partial charge in [0.1, 0.15) is 0 Å². The maximum atomic E-state index is 13.8. The number of allylic oxidation sites excluding steroid dienone is 5. The zero-order valence-corrected chi connectivity index (χ0v) is 36.0. The number of methoxy groups -OCH3 is 2. The lowest BCUT2D eigenvalue weighted by atomic mass is 9.78. The molecule has 3 aliphatic heterocycles. The first-order chi connectivity index (χ1) is 27.6. The van der Waals surface area contributed by atoms with Crippen LogP contribution < -0.4 is 23.8 Å². The second-order valence-corrected chi connectivity index (χ2v) is 16.5. The molecule has 5 rings (SSSR count). The molecule has 0 spiro atoms. The van der Waals surface area contributed by atoms with Crippen molar-refractivity contribution in [3.05, 3.63) is 83.2 Å². The van der Waals surface area contributed by atoms with Gasteiger partial charge < -0.3 is 38.8 Å². The number of ether oxygens (including phenoxy) is 4. The summed E-state index contributed by atoms with van der Waals surface area (Å²) in [6.07, 6.45) is 24.8. The molecule has 11 nitrogen and oxygen atoms in total. The molecule has 11 heteroatoms. The average Bonchev–Trinajstić information content (AvgIpc) is 3.53. The minimum Gasteiger partial charge on any atom is -0.493 e. The minimum absolute atomic E-state index is 0.0476. The highest BCUT2D eigenvalue weighted by Crippen LogP contribution is 2.42. The van der Waals surface area contributed by atoms with Crippen LogP contribution in [-0.2, 0) is 0 Å². The van der Waals surface area contributed by atoms with Gasteiger partial charge in [-0.2, -0.15) is 0 Å².